The minimum atomic E-state index is -1.45. The van der Waals surface area contributed by atoms with Crippen molar-refractivity contribution in [3.05, 3.63) is 57.9 Å². The van der Waals surface area contributed by atoms with Crippen molar-refractivity contribution < 1.29 is 9.48 Å². The van der Waals surface area contributed by atoms with E-state index < -0.39 is 16.1 Å². The highest BCUT2D eigenvalue weighted by Gasteiger charge is 2.22. The fourth-order valence-corrected chi connectivity index (χ4v) is 3.24. The molecule has 3 rings (SSSR count). The monoisotopic (exact) mass is 316 g/mol. The lowest BCUT2D eigenvalue weighted by Crippen LogP contribution is -2.10. The molecule has 0 spiro atoms. The molecule has 0 bridgehead atoms. The summed E-state index contributed by atoms with van der Waals surface area (Å²) in [5.74, 6) is 0.0767. The Balaban J connectivity index is 1.89. The molecule has 0 radical (unpaired) electrons. The quantitative estimate of drug-likeness (QED) is 0.452. The molecule has 2 aromatic heterocycles. The molecule has 112 valence electrons. The first-order chi connectivity index (χ1) is 10.6. The predicted octanol–water partition coefficient (Wildman–Crippen LogP) is 2.48. The zero-order valence-electron chi connectivity index (χ0n) is 11.6. The molecule has 3 aromatic rings. The normalized spacial score (nSPS) is 12.5. The number of imidazole rings is 1. The zero-order valence-corrected chi connectivity index (χ0v) is 12.5. The number of nitro groups is 1. The molecule has 0 aliphatic rings. The van der Waals surface area contributed by atoms with Crippen LogP contribution in [0.15, 0.2) is 41.7 Å². The molecule has 0 unspecified atom stereocenters. The molecule has 8 heteroatoms. The zero-order chi connectivity index (χ0) is 15.7. The number of aromatic amines is 1. The van der Waals surface area contributed by atoms with E-state index in [1.807, 2.05) is 24.3 Å². The van der Waals surface area contributed by atoms with Gasteiger partial charge in [0.25, 0.3) is 5.69 Å². The van der Waals surface area contributed by atoms with Gasteiger partial charge >= 0.3 is 5.16 Å². The number of benzene rings is 1. The lowest BCUT2D eigenvalue weighted by molar-refractivity contribution is -0.385. The van der Waals surface area contributed by atoms with E-state index in [-0.39, 0.29) is 11.4 Å². The molecule has 7 nitrogen and oxygen atoms in total. The molecule has 0 fully saturated rings. The number of aromatic nitrogens is 3. The van der Waals surface area contributed by atoms with Crippen LogP contribution in [0.1, 0.15) is 11.3 Å². The summed E-state index contributed by atoms with van der Waals surface area (Å²) in [6.45, 7) is 1.61. The number of fused-ring (bicyclic) bond motifs is 1. The van der Waals surface area contributed by atoms with Gasteiger partial charge in [0, 0.05) is 23.4 Å². The van der Waals surface area contributed by atoms with Crippen LogP contribution in [0.3, 0.4) is 0 Å². The van der Waals surface area contributed by atoms with Crippen molar-refractivity contribution in [2.24, 2.45) is 0 Å². The lowest BCUT2D eigenvalue weighted by Gasteiger charge is -2.08. The van der Waals surface area contributed by atoms with Gasteiger partial charge in [-0.2, -0.15) is 4.98 Å². The third-order valence-corrected chi connectivity index (χ3v) is 4.49. The Morgan fingerprint density at radius 3 is 2.82 bits per heavy atom. The van der Waals surface area contributed by atoms with Crippen molar-refractivity contribution in [3.63, 3.8) is 0 Å². The molecule has 2 heterocycles. The summed E-state index contributed by atoms with van der Waals surface area (Å²) in [6, 6.07) is 8.72. The maximum absolute atomic E-state index is 12.4. The number of hydrogen-bond acceptors (Lipinski definition) is 5. The van der Waals surface area contributed by atoms with Crippen molar-refractivity contribution >= 4 is 27.9 Å². The lowest BCUT2D eigenvalue weighted by atomic mass is 10.2. The van der Waals surface area contributed by atoms with E-state index in [4.69, 9.17) is 0 Å². The second-order valence-electron chi connectivity index (χ2n) is 4.71. The Morgan fingerprint density at radius 2 is 2.09 bits per heavy atom. The molecular weight excluding hydrogens is 304 g/mol. The van der Waals surface area contributed by atoms with E-state index in [9.17, 15) is 14.7 Å². The van der Waals surface area contributed by atoms with Crippen LogP contribution in [0, 0.1) is 17.0 Å². The number of para-hydroxylation sites is 2. The van der Waals surface area contributed by atoms with E-state index in [1.165, 1.54) is 12.3 Å². The van der Waals surface area contributed by atoms with Gasteiger partial charge in [-0.25, -0.2) is 0 Å². The molecule has 1 N–H and O–H groups in total. The van der Waals surface area contributed by atoms with E-state index >= 15 is 0 Å². The Labute approximate surface area is 128 Å². The van der Waals surface area contributed by atoms with Crippen LogP contribution >= 0.6 is 0 Å². The van der Waals surface area contributed by atoms with Crippen molar-refractivity contribution in [2.45, 2.75) is 17.8 Å². The highest BCUT2D eigenvalue weighted by atomic mass is 32.2. The van der Waals surface area contributed by atoms with Gasteiger partial charge in [-0.15, -0.1) is 0 Å². The smallest absolute Gasteiger partial charge is 0.322 e. The molecule has 22 heavy (non-hydrogen) atoms. The summed E-state index contributed by atoms with van der Waals surface area (Å²) >= 11 is -1.45. The second kappa shape index (κ2) is 5.74. The first-order valence-electron chi connectivity index (χ1n) is 6.48. The van der Waals surface area contributed by atoms with Gasteiger partial charge in [0.05, 0.1) is 27.2 Å². The van der Waals surface area contributed by atoms with Gasteiger partial charge < -0.3 is 4.55 Å². The average Bonchev–Trinajstić information content (AvgIpc) is 2.93. The first kappa shape index (κ1) is 14.5. The largest absolute Gasteiger partial charge is 0.609 e. The Hall–Kier alpha value is -2.45. The Kier molecular flexibility index (Phi) is 3.78. The number of H-pyrrole nitrogens is 1. The van der Waals surface area contributed by atoms with Crippen LogP contribution in [0.5, 0.6) is 0 Å². The number of rotatable bonds is 4. The summed E-state index contributed by atoms with van der Waals surface area (Å²) in [5.41, 5.74) is 2.38. The average molecular weight is 316 g/mol. The van der Waals surface area contributed by atoms with E-state index in [0.717, 1.165) is 11.0 Å². The van der Waals surface area contributed by atoms with Gasteiger partial charge in [0.1, 0.15) is 0 Å². The minimum Gasteiger partial charge on any atom is -0.609 e. The summed E-state index contributed by atoms with van der Waals surface area (Å²) in [7, 11) is 0. The topological polar surface area (TPSA) is 108 Å². The molecule has 0 aliphatic carbocycles. The van der Waals surface area contributed by atoms with Crippen molar-refractivity contribution in [1.82, 2.24) is 15.0 Å². The maximum atomic E-state index is 12.4. The van der Waals surface area contributed by atoms with Gasteiger partial charge in [0.2, 0.25) is 0 Å². The molecule has 1 aromatic carbocycles. The first-order valence-corrected chi connectivity index (χ1v) is 7.80. The molecular formula is C14H12N4O3S. The van der Waals surface area contributed by atoms with Gasteiger partial charge in [-0.3, -0.25) is 20.1 Å². The molecule has 0 amide bonds. The van der Waals surface area contributed by atoms with Crippen molar-refractivity contribution in [2.75, 3.05) is 0 Å². The highest BCUT2D eigenvalue weighted by molar-refractivity contribution is 7.90. The molecule has 0 saturated carbocycles. The molecule has 0 saturated heterocycles. The highest BCUT2D eigenvalue weighted by Crippen LogP contribution is 2.23. The van der Waals surface area contributed by atoms with Crippen LogP contribution in [-0.4, -0.2) is 24.4 Å². The predicted molar refractivity (Wildman–Crippen MR) is 81.8 cm³/mol. The van der Waals surface area contributed by atoms with Crippen molar-refractivity contribution in [3.8, 4) is 0 Å². The number of pyridine rings is 1. The van der Waals surface area contributed by atoms with Crippen LogP contribution in [0.4, 0.5) is 5.69 Å². The van der Waals surface area contributed by atoms with Gasteiger partial charge in [-0.05, 0) is 19.1 Å². The summed E-state index contributed by atoms with van der Waals surface area (Å²) in [4.78, 5) is 21.8. The third-order valence-electron chi connectivity index (χ3n) is 3.33. The van der Waals surface area contributed by atoms with E-state index in [0.29, 0.717) is 16.4 Å². The van der Waals surface area contributed by atoms with Crippen LogP contribution < -0.4 is 0 Å². The number of hydrogen-bond donors (Lipinski definition) is 1. The third kappa shape index (κ3) is 2.66. The summed E-state index contributed by atoms with van der Waals surface area (Å²) < 4.78 is 12.4. The Bertz CT molecular complexity index is 816. The summed E-state index contributed by atoms with van der Waals surface area (Å²) in [6.07, 6.45) is 1.36. The van der Waals surface area contributed by atoms with Crippen LogP contribution in [0.2, 0.25) is 0 Å². The number of nitrogens with one attached hydrogen (secondary N) is 1. The van der Waals surface area contributed by atoms with Gasteiger partial charge in [-0.1, -0.05) is 12.1 Å². The van der Waals surface area contributed by atoms with Gasteiger partial charge in [0.15, 0.2) is 5.75 Å². The Morgan fingerprint density at radius 1 is 1.32 bits per heavy atom. The fraction of sp³-hybridized carbons (Fsp3) is 0.143. The van der Waals surface area contributed by atoms with Crippen LogP contribution in [0.25, 0.3) is 11.0 Å². The maximum Gasteiger partial charge on any atom is 0.322 e. The summed E-state index contributed by atoms with van der Waals surface area (Å²) in [5, 5.41) is 11.3. The second-order valence-corrected chi connectivity index (χ2v) is 6.07. The minimum absolute atomic E-state index is 0.0217. The standard InChI is InChI=1S/C14H12N4O3S/c1-9-12(15-7-6-13(9)18(19)20)8-22(21)14-16-10-4-2-3-5-11(10)17-14/h2-7H,8H2,1H3,(H,16,17)/t22-/m1/s1. The molecule has 0 aliphatic heterocycles. The van der Waals surface area contributed by atoms with Crippen molar-refractivity contribution in [1.29, 1.82) is 0 Å². The fourth-order valence-electron chi connectivity index (χ4n) is 2.14. The number of nitrogens with zero attached hydrogens (tertiary/aromatic N) is 3. The van der Waals surface area contributed by atoms with E-state index in [1.54, 1.807) is 6.92 Å². The van der Waals surface area contributed by atoms with E-state index in [2.05, 4.69) is 15.0 Å². The van der Waals surface area contributed by atoms with Crippen LogP contribution in [-0.2, 0) is 16.9 Å². The molecule has 1 atom stereocenters. The SMILES string of the molecule is Cc1c([N+](=O)[O-])ccnc1C[S@@+]([O-])c1nc2ccccc2[nH]1.